The smallest absolute Gasteiger partial charge is 0.258 e. The lowest BCUT2D eigenvalue weighted by molar-refractivity contribution is -0.141. The number of anilines is 1. The Morgan fingerprint density at radius 3 is 2.51 bits per heavy atom. The fourth-order valence-electron chi connectivity index (χ4n) is 4.65. The fourth-order valence-corrected chi connectivity index (χ4v) is 5.12. The van der Waals surface area contributed by atoms with Crippen LogP contribution in [0.5, 0.6) is 0 Å². The lowest BCUT2D eigenvalue weighted by Gasteiger charge is -2.31. The molecular formula is C27H27Cl2N3O3. The zero-order chi connectivity index (χ0) is 25.1. The summed E-state index contributed by atoms with van der Waals surface area (Å²) < 4.78 is 0. The largest absolute Gasteiger partial charge is 0.357 e. The number of benzene rings is 3. The maximum absolute atomic E-state index is 13.4. The molecule has 35 heavy (non-hydrogen) atoms. The van der Waals surface area contributed by atoms with Crippen molar-refractivity contribution < 1.29 is 14.4 Å². The molecule has 8 heteroatoms. The SMILES string of the molecule is CC[C@@H](C(=O)NC)N(Cc1ccc(Cl)cc1Cl)C(=O)CCCN1C(=O)c2cccc3cccc1c23. The van der Waals surface area contributed by atoms with Crippen LogP contribution in [-0.4, -0.2) is 42.3 Å². The van der Waals surface area contributed by atoms with E-state index >= 15 is 0 Å². The Kier molecular flexibility index (Phi) is 7.63. The Bertz CT molecular complexity index is 1290. The molecule has 182 valence electrons. The topological polar surface area (TPSA) is 69.7 Å². The van der Waals surface area contributed by atoms with Gasteiger partial charge in [0.1, 0.15) is 6.04 Å². The number of amides is 3. The van der Waals surface area contributed by atoms with Gasteiger partial charge in [-0.2, -0.15) is 0 Å². The third-order valence-corrected chi connectivity index (χ3v) is 7.00. The molecule has 1 heterocycles. The summed E-state index contributed by atoms with van der Waals surface area (Å²) in [6, 6.07) is 16.0. The second kappa shape index (κ2) is 10.7. The first-order chi connectivity index (χ1) is 16.8. The molecule has 6 nitrogen and oxygen atoms in total. The van der Waals surface area contributed by atoms with E-state index in [-0.39, 0.29) is 30.7 Å². The van der Waals surface area contributed by atoms with Crippen LogP contribution in [0.15, 0.2) is 54.6 Å². The van der Waals surface area contributed by atoms with Crippen molar-refractivity contribution in [2.45, 2.75) is 38.8 Å². The van der Waals surface area contributed by atoms with E-state index in [0.29, 0.717) is 40.6 Å². The van der Waals surface area contributed by atoms with Gasteiger partial charge in [-0.3, -0.25) is 14.4 Å². The van der Waals surface area contributed by atoms with Crippen LogP contribution in [-0.2, 0) is 16.1 Å². The number of nitrogens with zero attached hydrogens (tertiary/aromatic N) is 2. The highest BCUT2D eigenvalue weighted by Gasteiger charge is 2.31. The van der Waals surface area contributed by atoms with Crippen LogP contribution in [0.25, 0.3) is 10.8 Å². The lowest BCUT2D eigenvalue weighted by atomic mass is 10.1. The van der Waals surface area contributed by atoms with Gasteiger partial charge in [-0.15, -0.1) is 0 Å². The predicted molar refractivity (Wildman–Crippen MR) is 140 cm³/mol. The normalized spacial score (nSPS) is 13.3. The van der Waals surface area contributed by atoms with Gasteiger partial charge in [-0.1, -0.05) is 60.5 Å². The van der Waals surface area contributed by atoms with Gasteiger partial charge >= 0.3 is 0 Å². The zero-order valence-electron chi connectivity index (χ0n) is 19.7. The third kappa shape index (κ3) is 5.00. The van der Waals surface area contributed by atoms with Crippen LogP contribution >= 0.6 is 23.2 Å². The van der Waals surface area contributed by atoms with E-state index in [9.17, 15) is 14.4 Å². The van der Waals surface area contributed by atoms with Gasteiger partial charge < -0.3 is 15.1 Å². The second-order valence-electron chi connectivity index (χ2n) is 8.54. The summed E-state index contributed by atoms with van der Waals surface area (Å²) in [5.74, 6) is -0.456. The molecule has 1 atom stereocenters. The Balaban J connectivity index is 1.50. The summed E-state index contributed by atoms with van der Waals surface area (Å²) in [5.41, 5.74) is 2.27. The van der Waals surface area contributed by atoms with Crippen molar-refractivity contribution in [3.05, 3.63) is 75.8 Å². The first-order valence-corrected chi connectivity index (χ1v) is 12.4. The minimum atomic E-state index is -0.634. The summed E-state index contributed by atoms with van der Waals surface area (Å²) in [7, 11) is 1.56. The van der Waals surface area contributed by atoms with Crippen molar-refractivity contribution in [3.63, 3.8) is 0 Å². The summed E-state index contributed by atoms with van der Waals surface area (Å²) in [4.78, 5) is 42.3. The van der Waals surface area contributed by atoms with Gasteiger partial charge in [0.15, 0.2) is 0 Å². The molecule has 0 fully saturated rings. The van der Waals surface area contributed by atoms with Crippen LogP contribution in [0.4, 0.5) is 5.69 Å². The third-order valence-electron chi connectivity index (χ3n) is 6.41. The van der Waals surface area contributed by atoms with Crippen molar-refractivity contribution in [2.24, 2.45) is 0 Å². The number of likely N-dealkylation sites (N-methyl/N-ethyl adjacent to an activating group) is 1. The number of hydrogen-bond acceptors (Lipinski definition) is 3. The molecule has 3 amide bonds. The quantitative estimate of drug-likeness (QED) is 0.415. The van der Waals surface area contributed by atoms with Crippen LogP contribution < -0.4 is 10.2 Å². The molecule has 1 N–H and O–H groups in total. The van der Waals surface area contributed by atoms with E-state index in [1.807, 2.05) is 43.3 Å². The van der Waals surface area contributed by atoms with E-state index in [1.54, 1.807) is 35.0 Å². The zero-order valence-corrected chi connectivity index (χ0v) is 21.2. The summed E-state index contributed by atoms with van der Waals surface area (Å²) in [6.07, 6.45) is 1.11. The van der Waals surface area contributed by atoms with E-state index in [4.69, 9.17) is 23.2 Å². The molecule has 0 spiro atoms. The van der Waals surface area contributed by atoms with Crippen molar-refractivity contribution in [1.82, 2.24) is 10.2 Å². The number of rotatable bonds is 9. The van der Waals surface area contributed by atoms with E-state index in [0.717, 1.165) is 16.5 Å². The number of halogens is 2. The van der Waals surface area contributed by atoms with Crippen molar-refractivity contribution >= 4 is 57.4 Å². The molecule has 1 aliphatic heterocycles. The number of carbonyl (C=O) groups is 3. The average molecular weight is 512 g/mol. The van der Waals surface area contributed by atoms with Gasteiger partial charge in [-0.25, -0.2) is 0 Å². The molecule has 0 unspecified atom stereocenters. The van der Waals surface area contributed by atoms with E-state index in [1.165, 1.54) is 0 Å². The highest BCUT2D eigenvalue weighted by Crippen LogP contribution is 2.37. The van der Waals surface area contributed by atoms with E-state index < -0.39 is 6.04 Å². The molecule has 3 aromatic carbocycles. The van der Waals surface area contributed by atoms with Gasteiger partial charge in [0, 0.05) is 47.6 Å². The van der Waals surface area contributed by atoms with Crippen LogP contribution in [0.2, 0.25) is 10.0 Å². The molecular weight excluding hydrogens is 485 g/mol. The van der Waals surface area contributed by atoms with Crippen molar-refractivity contribution in [2.75, 3.05) is 18.5 Å². The minimum Gasteiger partial charge on any atom is -0.357 e. The molecule has 0 aromatic heterocycles. The summed E-state index contributed by atoms with van der Waals surface area (Å²) in [5, 5.41) is 5.57. The van der Waals surface area contributed by atoms with Gasteiger partial charge in [0.25, 0.3) is 5.91 Å². The number of nitrogens with one attached hydrogen (secondary N) is 1. The van der Waals surface area contributed by atoms with Crippen molar-refractivity contribution in [3.8, 4) is 0 Å². The second-order valence-corrected chi connectivity index (χ2v) is 9.38. The summed E-state index contributed by atoms with van der Waals surface area (Å²) >= 11 is 12.4. The molecule has 1 aliphatic rings. The Morgan fingerprint density at radius 1 is 1.09 bits per heavy atom. The lowest BCUT2D eigenvalue weighted by Crippen LogP contribution is -2.48. The monoisotopic (exact) mass is 511 g/mol. The van der Waals surface area contributed by atoms with Crippen LogP contribution in [0.3, 0.4) is 0 Å². The Hall–Kier alpha value is -3.09. The van der Waals surface area contributed by atoms with Crippen LogP contribution in [0, 0.1) is 0 Å². The van der Waals surface area contributed by atoms with Crippen molar-refractivity contribution in [1.29, 1.82) is 0 Å². The van der Waals surface area contributed by atoms with Gasteiger partial charge in [-0.05, 0) is 48.1 Å². The standard InChI is InChI=1S/C27H27Cl2N3O3/c1-3-22(26(34)30-2)32(16-18-12-13-19(28)15-21(18)29)24(33)11-6-14-31-23-10-5-8-17-7-4-9-20(25(17)23)27(31)35/h4-5,7-10,12-13,15,22H,3,6,11,14,16H2,1-2H3,(H,30,34)/t22-/m0/s1. The molecule has 4 rings (SSSR count). The average Bonchev–Trinajstić information content (AvgIpc) is 3.13. The maximum Gasteiger partial charge on any atom is 0.258 e. The highest BCUT2D eigenvalue weighted by atomic mass is 35.5. The number of hydrogen-bond donors (Lipinski definition) is 1. The molecule has 0 bridgehead atoms. The van der Waals surface area contributed by atoms with Gasteiger partial charge in [0.2, 0.25) is 11.8 Å². The minimum absolute atomic E-state index is 0.0501. The van der Waals surface area contributed by atoms with Crippen LogP contribution in [0.1, 0.15) is 42.1 Å². The molecule has 0 radical (unpaired) electrons. The number of carbonyl (C=O) groups excluding carboxylic acids is 3. The first-order valence-electron chi connectivity index (χ1n) is 11.6. The highest BCUT2D eigenvalue weighted by molar-refractivity contribution is 6.35. The molecule has 0 saturated carbocycles. The first kappa shape index (κ1) is 25.0. The molecule has 3 aromatic rings. The Labute approximate surface area is 214 Å². The molecule has 0 aliphatic carbocycles. The predicted octanol–water partition coefficient (Wildman–Crippen LogP) is 5.44. The molecule has 0 saturated heterocycles. The maximum atomic E-state index is 13.4. The van der Waals surface area contributed by atoms with E-state index in [2.05, 4.69) is 5.32 Å². The fraction of sp³-hybridized carbons (Fsp3) is 0.296. The summed E-state index contributed by atoms with van der Waals surface area (Å²) in [6.45, 7) is 2.46. The Morgan fingerprint density at radius 2 is 1.83 bits per heavy atom. The van der Waals surface area contributed by atoms with Gasteiger partial charge in [0.05, 0.1) is 5.69 Å².